The van der Waals surface area contributed by atoms with Crippen molar-refractivity contribution >= 4 is 34.5 Å². The zero-order valence-corrected chi connectivity index (χ0v) is 21.9. The van der Waals surface area contributed by atoms with E-state index in [-0.39, 0.29) is 24.6 Å². The van der Waals surface area contributed by atoms with Crippen LogP contribution in [0.15, 0.2) is 67.0 Å². The highest BCUT2D eigenvalue weighted by molar-refractivity contribution is 6.04. The van der Waals surface area contributed by atoms with Crippen LogP contribution in [0, 0.1) is 0 Å². The molecule has 2 aromatic heterocycles. The number of hydrogen-bond donors (Lipinski definition) is 2. The second-order valence-corrected chi connectivity index (χ2v) is 10.4. The van der Waals surface area contributed by atoms with Crippen molar-refractivity contribution in [3.63, 3.8) is 0 Å². The molecule has 3 heterocycles. The van der Waals surface area contributed by atoms with Gasteiger partial charge in [0, 0.05) is 46.7 Å². The van der Waals surface area contributed by atoms with Gasteiger partial charge >= 0.3 is 6.09 Å². The van der Waals surface area contributed by atoms with Gasteiger partial charge in [0.1, 0.15) is 11.3 Å². The van der Waals surface area contributed by atoms with Crippen molar-refractivity contribution in [3.8, 4) is 22.4 Å². The van der Waals surface area contributed by atoms with Crippen LogP contribution in [-0.2, 0) is 16.1 Å². The molecule has 39 heavy (non-hydrogen) atoms. The number of aromatic nitrogens is 3. The molecular formula is C29H28N6O4. The summed E-state index contributed by atoms with van der Waals surface area (Å²) < 4.78 is 6.84. The molecule has 0 atom stereocenters. The molecule has 1 aliphatic heterocycles. The summed E-state index contributed by atoms with van der Waals surface area (Å²) in [7, 11) is 0. The number of rotatable bonds is 5. The van der Waals surface area contributed by atoms with Gasteiger partial charge in [-0.15, -0.1) is 0 Å². The minimum Gasteiger partial charge on any atom is -0.442 e. The van der Waals surface area contributed by atoms with Crippen LogP contribution < -0.4 is 11.5 Å². The number of pyridine rings is 1. The molecule has 0 saturated carbocycles. The fourth-order valence-corrected chi connectivity index (χ4v) is 4.63. The molecule has 2 aromatic carbocycles. The summed E-state index contributed by atoms with van der Waals surface area (Å²) in [5.41, 5.74) is 16.0. The first-order valence-corrected chi connectivity index (χ1v) is 12.3. The number of nitrogens with two attached hydrogens (primary N) is 2. The van der Waals surface area contributed by atoms with Crippen LogP contribution >= 0.6 is 0 Å². The molecule has 0 unspecified atom stereocenters. The van der Waals surface area contributed by atoms with Crippen LogP contribution in [0.25, 0.3) is 33.3 Å². The molecule has 0 fully saturated rings. The lowest BCUT2D eigenvalue weighted by atomic mass is 9.94. The Morgan fingerprint density at radius 2 is 1.85 bits per heavy atom. The Kier molecular flexibility index (Phi) is 6.18. The Hall–Kier alpha value is -4.99. The maximum Gasteiger partial charge on any atom is 0.435 e. The topological polar surface area (TPSA) is 146 Å². The van der Waals surface area contributed by atoms with Gasteiger partial charge in [-0.2, -0.15) is 9.78 Å². The van der Waals surface area contributed by atoms with Crippen LogP contribution in [0.4, 0.5) is 10.5 Å². The van der Waals surface area contributed by atoms with Crippen molar-refractivity contribution in [2.75, 3.05) is 12.3 Å². The first kappa shape index (κ1) is 25.7. The monoisotopic (exact) mass is 524 g/mol. The van der Waals surface area contributed by atoms with Crippen LogP contribution in [0.2, 0.25) is 0 Å². The Morgan fingerprint density at radius 3 is 2.51 bits per heavy atom. The number of hydrogen-bond acceptors (Lipinski definition) is 7. The molecule has 4 aromatic rings. The van der Waals surface area contributed by atoms with Gasteiger partial charge in [0.05, 0.1) is 12.1 Å². The molecule has 198 valence electrons. The number of amides is 2. The summed E-state index contributed by atoms with van der Waals surface area (Å²) in [5.74, 6) is -0.912. The van der Waals surface area contributed by atoms with Gasteiger partial charge in [-0.1, -0.05) is 12.6 Å². The van der Waals surface area contributed by atoms with Gasteiger partial charge in [0.25, 0.3) is 5.91 Å². The predicted octanol–water partition coefficient (Wildman–Crippen LogP) is 4.13. The lowest BCUT2D eigenvalue weighted by Crippen LogP contribution is -2.30. The lowest BCUT2D eigenvalue weighted by Gasteiger charge is -2.19. The number of benzene rings is 2. The van der Waals surface area contributed by atoms with Gasteiger partial charge < -0.3 is 21.1 Å². The first-order valence-electron chi connectivity index (χ1n) is 12.3. The van der Waals surface area contributed by atoms with Crippen LogP contribution in [0.3, 0.4) is 0 Å². The van der Waals surface area contributed by atoms with E-state index in [2.05, 4.69) is 16.7 Å². The van der Waals surface area contributed by atoms with Gasteiger partial charge in [-0.05, 0) is 73.9 Å². The molecule has 0 bridgehead atoms. The highest BCUT2D eigenvalue weighted by atomic mass is 16.6. The van der Waals surface area contributed by atoms with E-state index in [1.165, 1.54) is 9.58 Å². The summed E-state index contributed by atoms with van der Waals surface area (Å²) in [6, 6.07) is 12.7. The Labute approximate surface area is 224 Å². The van der Waals surface area contributed by atoms with E-state index in [4.69, 9.17) is 16.2 Å². The molecule has 2 amide bonds. The number of carbonyl (C=O) groups excluding carboxylic acids is 3. The predicted molar refractivity (Wildman–Crippen MR) is 148 cm³/mol. The molecule has 4 N–H and O–H groups in total. The second kappa shape index (κ2) is 9.39. The number of anilines is 1. The normalized spacial score (nSPS) is 13.0. The van der Waals surface area contributed by atoms with E-state index in [0.717, 1.165) is 22.3 Å². The third-order valence-corrected chi connectivity index (χ3v) is 6.36. The van der Waals surface area contributed by atoms with Crippen LogP contribution in [-0.4, -0.2) is 49.7 Å². The molecule has 10 nitrogen and oxygen atoms in total. The molecule has 10 heteroatoms. The number of carbonyl (C=O) groups is 3. The van der Waals surface area contributed by atoms with Crippen molar-refractivity contribution < 1.29 is 19.1 Å². The summed E-state index contributed by atoms with van der Waals surface area (Å²) in [4.78, 5) is 43.4. The number of nitrogen functional groups attached to an aromatic ring is 1. The summed E-state index contributed by atoms with van der Waals surface area (Å²) >= 11 is 0. The van der Waals surface area contributed by atoms with E-state index in [0.29, 0.717) is 27.8 Å². The van der Waals surface area contributed by atoms with E-state index in [1.807, 2.05) is 24.3 Å². The highest BCUT2D eigenvalue weighted by Crippen LogP contribution is 2.38. The molecule has 5 rings (SSSR count). The molecule has 1 aliphatic rings. The van der Waals surface area contributed by atoms with Crippen LogP contribution in [0.5, 0.6) is 0 Å². The Morgan fingerprint density at radius 1 is 1.10 bits per heavy atom. The van der Waals surface area contributed by atoms with Gasteiger partial charge in [-0.25, -0.2) is 4.79 Å². The third-order valence-electron chi connectivity index (χ3n) is 6.36. The largest absolute Gasteiger partial charge is 0.442 e. The first-order chi connectivity index (χ1) is 18.4. The maximum absolute atomic E-state index is 13.1. The van der Waals surface area contributed by atoms with Crippen molar-refractivity contribution in [2.45, 2.75) is 32.9 Å². The SMILES string of the molecule is C=C(CN1Cc2c(cc(N)cc2-c2ccc3c(c2)c(-c2cccnc2)nn3C(=O)OC(C)(C)C)C1=O)C(N)=O. The molecule has 0 spiro atoms. The lowest BCUT2D eigenvalue weighted by molar-refractivity contribution is -0.114. The molecular weight excluding hydrogens is 496 g/mol. The van der Waals surface area contributed by atoms with Crippen molar-refractivity contribution in [2.24, 2.45) is 5.73 Å². The standard InChI is InChI=1S/C29H28N6O4/c1-16(26(31)36)14-34-15-23-20(11-19(30)12-21(23)27(34)37)17-7-8-24-22(10-17)25(18-6-5-9-32-13-18)33-35(24)28(38)39-29(2,3)4/h5-13H,1,14-15,30H2,2-4H3,(H2,31,36). The van der Waals surface area contributed by atoms with Crippen molar-refractivity contribution in [1.82, 2.24) is 19.7 Å². The van der Waals surface area contributed by atoms with Crippen molar-refractivity contribution in [3.05, 3.63) is 78.1 Å². The number of primary amides is 1. The smallest absolute Gasteiger partial charge is 0.435 e. The second-order valence-electron chi connectivity index (χ2n) is 10.4. The van der Waals surface area contributed by atoms with Gasteiger partial charge in [-0.3, -0.25) is 14.6 Å². The fraction of sp³-hybridized carbons (Fsp3) is 0.207. The Balaban J connectivity index is 1.65. The van der Waals surface area contributed by atoms with Crippen LogP contribution in [0.1, 0.15) is 36.7 Å². The summed E-state index contributed by atoms with van der Waals surface area (Å²) in [6.07, 6.45) is 2.73. The van der Waals surface area contributed by atoms with E-state index < -0.39 is 17.6 Å². The quantitative estimate of drug-likeness (QED) is 0.295. The number of ether oxygens (including phenoxy) is 1. The Bertz CT molecular complexity index is 1670. The van der Waals surface area contributed by atoms with Gasteiger partial charge in [0.2, 0.25) is 5.91 Å². The maximum atomic E-state index is 13.1. The fourth-order valence-electron chi connectivity index (χ4n) is 4.63. The number of fused-ring (bicyclic) bond motifs is 2. The van der Waals surface area contributed by atoms with Crippen molar-refractivity contribution in [1.29, 1.82) is 0 Å². The van der Waals surface area contributed by atoms with E-state index >= 15 is 0 Å². The average molecular weight is 525 g/mol. The molecule has 0 radical (unpaired) electrons. The average Bonchev–Trinajstić information content (AvgIpc) is 3.41. The molecule has 0 aliphatic carbocycles. The van der Waals surface area contributed by atoms with E-state index in [1.54, 1.807) is 51.4 Å². The zero-order chi connectivity index (χ0) is 28.1. The number of nitrogens with zero attached hydrogens (tertiary/aromatic N) is 4. The summed E-state index contributed by atoms with van der Waals surface area (Å²) in [5, 5.41) is 5.30. The summed E-state index contributed by atoms with van der Waals surface area (Å²) in [6.45, 7) is 9.34. The van der Waals surface area contributed by atoms with Gasteiger partial charge in [0.15, 0.2) is 0 Å². The molecule has 0 saturated heterocycles. The highest BCUT2D eigenvalue weighted by Gasteiger charge is 2.31. The minimum absolute atomic E-state index is 0.0229. The van der Waals surface area contributed by atoms with E-state index in [9.17, 15) is 14.4 Å². The third kappa shape index (κ3) is 4.84. The zero-order valence-electron chi connectivity index (χ0n) is 21.9. The minimum atomic E-state index is -0.704.